The molecule has 0 saturated carbocycles. The van der Waals surface area contributed by atoms with E-state index in [0.29, 0.717) is 10.8 Å². The first-order valence-corrected chi connectivity index (χ1v) is 6.20. The lowest BCUT2D eigenvalue weighted by atomic mass is 10.1. The van der Waals surface area contributed by atoms with Gasteiger partial charge in [0, 0.05) is 5.39 Å². The van der Waals surface area contributed by atoms with Crippen molar-refractivity contribution < 1.29 is 25.8 Å². The van der Waals surface area contributed by atoms with Crippen LogP contribution in [0.3, 0.4) is 0 Å². The molecule has 0 aliphatic carbocycles. The van der Waals surface area contributed by atoms with Crippen molar-refractivity contribution in [1.29, 1.82) is 0 Å². The number of fused-ring (bicyclic) bond motifs is 1. The molecule has 2 aromatic rings. The number of rotatable bonds is 2. The SMILES string of the molecule is O=S(=O)(Oc1cccc2ccccc12)C(F)(F)F. The third-order valence-corrected chi connectivity index (χ3v) is 3.20. The van der Waals surface area contributed by atoms with Crippen LogP contribution < -0.4 is 4.18 Å². The molecule has 0 spiro atoms. The van der Waals surface area contributed by atoms with E-state index in [1.807, 2.05) is 0 Å². The summed E-state index contributed by atoms with van der Waals surface area (Å²) in [5.74, 6) is -0.342. The number of hydrogen-bond donors (Lipinski definition) is 0. The zero-order chi connectivity index (χ0) is 13.4. The average Bonchev–Trinajstić information content (AvgIpc) is 2.27. The lowest BCUT2D eigenvalue weighted by Crippen LogP contribution is -2.28. The standard InChI is InChI=1S/C11H7F3O3S/c12-11(13,14)18(15,16)17-10-7-3-5-8-4-1-2-6-9(8)10/h1-7H. The summed E-state index contributed by atoms with van der Waals surface area (Å²) in [5.41, 5.74) is -5.44. The highest BCUT2D eigenvalue weighted by molar-refractivity contribution is 7.88. The van der Waals surface area contributed by atoms with Crippen LogP contribution in [0.2, 0.25) is 0 Å². The molecule has 0 aliphatic rings. The Hall–Kier alpha value is -1.76. The largest absolute Gasteiger partial charge is 0.534 e. The second-order valence-corrected chi connectivity index (χ2v) is 5.00. The van der Waals surface area contributed by atoms with Crippen molar-refractivity contribution in [3.05, 3.63) is 42.5 Å². The van der Waals surface area contributed by atoms with Crippen molar-refractivity contribution in [1.82, 2.24) is 0 Å². The molecule has 2 aromatic carbocycles. The second kappa shape index (κ2) is 4.16. The minimum absolute atomic E-state index is 0.299. The van der Waals surface area contributed by atoms with E-state index in [-0.39, 0.29) is 5.75 Å². The van der Waals surface area contributed by atoms with Gasteiger partial charge in [-0.2, -0.15) is 21.6 Å². The van der Waals surface area contributed by atoms with Crippen LogP contribution in [-0.4, -0.2) is 13.9 Å². The maximum Gasteiger partial charge on any atom is 0.534 e. The summed E-state index contributed by atoms with van der Waals surface area (Å²) in [6.45, 7) is 0. The highest BCUT2D eigenvalue weighted by Crippen LogP contribution is 2.31. The molecule has 0 heterocycles. The fourth-order valence-corrected chi connectivity index (χ4v) is 1.91. The van der Waals surface area contributed by atoms with E-state index >= 15 is 0 Å². The minimum atomic E-state index is -5.64. The van der Waals surface area contributed by atoms with Crippen LogP contribution in [-0.2, 0) is 10.1 Å². The predicted octanol–water partition coefficient (Wildman–Crippen LogP) is 3.07. The molecule has 0 amide bonds. The van der Waals surface area contributed by atoms with E-state index < -0.39 is 15.6 Å². The molecule has 0 fully saturated rings. The second-order valence-electron chi connectivity index (χ2n) is 3.46. The van der Waals surface area contributed by atoms with Gasteiger partial charge in [-0.3, -0.25) is 0 Å². The molecular weight excluding hydrogens is 269 g/mol. The first kappa shape index (κ1) is 12.7. The Morgan fingerprint density at radius 2 is 1.56 bits per heavy atom. The van der Waals surface area contributed by atoms with Crippen LogP contribution in [0.5, 0.6) is 5.75 Å². The number of hydrogen-bond acceptors (Lipinski definition) is 3. The normalized spacial score (nSPS) is 12.6. The zero-order valence-corrected chi connectivity index (χ0v) is 9.62. The third-order valence-electron chi connectivity index (χ3n) is 2.23. The van der Waals surface area contributed by atoms with Gasteiger partial charge < -0.3 is 4.18 Å². The van der Waals surface area contributed by atoms with Gasteiger partial charge in [0.15, 0.2) is 5.75 Å². The van der Waals surface area contributed by atoms with Gasteiger partial charge in [-0.15, -0.1) is 0 Å². The van der Waals surface area contributed by atoms with Gasteiger partial charge in [0.1, 0.15) is 0 Å². The van der Waals surface area contributed by atoms with E-state index in [0.717, 1.165) is 0 Å². The Kier molecular flexibility index (Phi) is 2.94. The molecule has 18 heavy (non-hydrogen) atoms. The molecule has 96 valence electrons. The maximum atomic E-state index is 12.2. The molecule has 0 unspecified atom stereocenters. The Morgan fingerprint density at radius 3 is 2.22 bits per heavy atom. The molecule has 0 radical (unpaired) electrons. The zero-order valence-electron chi connectivity index (χ0n) is 8.81. The first-order valence-electron chi connectivity index (χ1n) is 4.80. The van der Waals surface area contributed by atoms with E-state index in [4.69, 9.17) is 0 Å². The van der Waals surface area contributed by atoms with Gasteiger partial charge in [-0.1, -0.05) is 36.4 Å². The molecule has 2 rings (SSSR count). The van der Waals surface area contributed by atoms with E-state index in [1.54, 1.807) is 24.3 Å². The molecular formula is C11H7F3O3S. The van der Waals surface area contributed by atoms with Crippen molar-refractivity contribution in [3.8, 4) is 5.75 Å². The monoisotopic (exact) mass is 276 g/mol. The summed E-state index contributed by atoms with van der Waals surface area (Å²) in [6.07, 6.45) is 0. The lowest BCUT2D eigenvalue weighted by Gasteiger charge is -2.11. The fraction of sp³-hybridized carbons (Fsp3) is 0.0909. The van der Waals surface area contributed by atoms with Crippen LogP contribution >= 0.6 is 0 Å². The molecule has 0 N–H and O–H groups in total. The van der Waals surface area contributed by atoms with Crippen molar-refractivity contribution in [2.24, 2.45) is 0 Å². The summed E-state index contributed by atoms with van der Waals surface area (Å²) >= 11 is 0. The van der Waals surface area contributed by atoms with E-state index in [2.05, 4.69) is 4.18 Å². The van der Waals surface area contributed by atoms with Crippen molar-refractivity contribution in [2.45, 2.75) is 5.51 Å². The molecule has 0 bridgehead atoms. The Bertz CT molecular complexity index is 672. The van der Waals surface area contributed by atoms with Crippen LogP contribution in [0.15, 0.2) is 42.5 Å². The lowest BCUT2D eigenvalue weighted by molar-refractivity contribution is -0.0499. The van der Waals surface area contributed by atoms with Crippen molar-refractivity contribution in [2.75, 3.05) is 0 Å². The van der Waals surface area contributed by atoms with Crippen LogP contribution in [0, 0.1) is 0 Å². The smallest absolute Gasteiger partial charge is 0.375 e. The topological polar surface area (TPSA) is 43.4 Å². The van der Waals surface area contributed by atoms with Crippen LogP contribution in [0.1, 0.15) is 0 Å². The third kappa shape index (κ3) is 2.26. The Labute approximate surface area is 101 Å². The highest BCUT2D eigenvalue weighted by Gasteiger charge is 2.48. The summed E-state index contributed by atoms with van der Waals surface area (Å²) in [6, 6.07) is 10.6. The van der Waals surface area contributed by atoms with E-state index in [1.165, 1.54) is 18.2 Å². The molecule has 0 atom stereocenters. The summed E-state index contributed by atoms with van der Waals surface area (Å²) in [7, 11) is -5.64. The Morgan fingerprint density at radius 1 is 0.944 bits per heavy atom. The van der Waals surface area contributed by atoms with Gasteiger partial charge in [-0.25, -0.2) is 0 Å². The highest BCUT2D eigenvalue weighted by atomic mass is 32.2. The molecule has 0 aromatic heterocycles. The number of halogens is 3. The van der Waals surface area contributed by atoms with Crippen molar-refractivity contribution in [3.63, 3.8) is 0 Å². The molecule has 0 aliphatic heterocycles. The summed E-state index contributed by atoms with van der Waals surface area (Å²) in [4.78, 5) is 0. The van der Waals surface area contributed by atoms with Gasteiger partial charge >= 0.3 is 15.6 Å². The van der Waals surface area contributed by atoms with Crippen LogP contribution in [0.4, 0.5) is 13.2 Å². The molecule has 0 saturated heterocycles. The summed E-state index contributed by atoms with van der Waals surface area (Å²) < 4.78 is 62.6. The number of benzene rings is 2. The first-order chi connectivity index (χ1) is 8.31. The summed E-state index contributed by atoms with van der Waals surface area (Å²) in [5, 5.41) is 0.889. The Balaban J connectivity index is 2.51. The van der Waals surface area contributed by atoms with Gasteiger partial charge in [0.2, 0.25) is 0 Å². The van der Waals surface area contributed by atoms with Crippen LogP contribution in [0.25, 0.3) is 10.8 Å². The minimum Gasteiger partial charge on any atom is -0.375 e. The quantitative estimate of drug-likeness (QED) is 0.625. The fourth-order valence-electron chi connectivity index (χ4n) is 1.43. The number of alkyl halides is 3. The van der Waals surface area contributed by atoms with E-state index in [9.17, 15) is 21.6 Å². The van der Waals surface area contributed by atoms with Gasteiger partial charge in [0.25, 0.3) is 0 Å². The van der Waals surface area contributed by atoms with Crippen molar-refractivity contribution >= 4 is 20.9 Å². The predicted molar refractivity (Wildman–Crippen MR) is 59.6 cm³/mol. The molecule has 3 nitrogen and oxygen atoms in total. The molecule has 7 heteroatoms. The van der Waals surface area contributed by atoms with Gasteiger partial charge in [0.05, 0.1) is 0 Å². The van der Waals surface area contributed by atoms with Gasteiger partial charge in [-0.05, 0) is 11.5 Å². The average molecular weight is 276 g/mol. The maximum absolute atomic E-state index is 12.2.